The van der Waals surface area contributed by atoms with E-state index in [-0.39, 0.29) is 0 Å². The van der Waals surface area contributed by atoms with Gasteiger partial charge in [0.05, 0.1) is 6.61 Å². The lowest BCUT2D eigenvalue weighted by atomic mass is 10.4. The summed E-state index contributed by atoms with van der Waals surface area (Å²) in [4.78, 5) is 10.3. The van der Waals surface area contributed by atoms with E-state index >= 15 is 0 Å². The Labute approximate surface area is 84.9 Å². The average molecular weight is 195 g/mol. The van der Waals surface area contributed by atoms with Crippen molar-refractivity contribution >= 4 is 0 Å². The lowest BCUT2D eigenvalue weighted by molar-refractivity contribution is 0.263. The number of hydrogen-bond donors (Lipinski definition) is 0. The van der Waals surface area contributed by atoms with E-state index in [9.17, 15) is 0 Å². The first-order valence-corrected chi connectivity index (χ1v) is 4.75. The predicted octanol–water partition coefficient (Wildman–Crippen LogP) is 1.12. The van der Waals surface area contributed by atoms with E-state index in [1.807, 2.05) is 27.1 Å². The van der Waals surface area contributed by atoms with Crippen molar-refractivity contribution in [3.8, 4) is 6.01 Å². The molecule has 0 unspecified atom stereocenters. The van der Waals surface area contributed by atoms with Crippen molar-refractivity contribution in [1.82, 2.24) is 14.9 Å². The Hall–Kier alpha value is -1.16. The van der Waals surface area contributed by atoms with E-state index in [4.69, 9.17) is 4.74 Å². The van der Waals surface area contributed by atoms with Crippen molar-refractivity contribution in [2.45, 2.75) is 13.3 Å². The Morgan fingerprint density at radius 1 is 1.43 bits per heavy atom. The molecule has 0 fully saturated rings. The lowest BCUT2D eigenvalue weighted by Gasteiger charge is -2.09. The fourth-order valence-corrected chi connectivity index (χ4v) is 1.04. The van der Waals surface area contributed by atoms with Gasteiger partial charge in [-0.3, -0.25) is 0 Å². The molecule has 1 aromatic heterocycles. The van der Waals surface area contributed by atoms with Gasteiger partial charge >= 0.3 is 6.01 Å². The molecule has 0 aliphatic heterocycles. The van der Waals surface area contributed by atoms with Crippen molar-refractivity contribution < 1.29 is 4.74 Å². The number of aromatic nitrogens is 2. The van der Waals surface area contributed by atoms with Gasteiger partial charge < -0.3 is 9.64 Å². The zero-order valence-electron chi connectivity index (χ0n) is 9.03. The summed E-state index contributed by atoms with van der Waals surface area (Å²) in [5, 5.41) is 0. The molecule has 14 heavy (non-hydrogen) atoms. The minimum Gasteiger partial charge on any atom is -0.463 e. The van der Waals surface area contributed by atoms with Gasteiger partial charge in [0.25, 0.3) is 0 Å². The molecule has 4 nitrogen and oxygen atoms in total. The second kappa shape index (κ2) is 5.54. The van der Waals surface area contributed by atoms with Crippen LogP contribution in [0.1, 0.15) is 12.1 Å². The van der Waals surface area contributed by atoms with Gasteiger partial charge in [-0.1, -0.05) is 0 Å². The molecule has 78 valence electrons. The third kappa shape index (κ3) is 4.18. The van der Waals surface area contributed by atoms with Crippen LogP contribution in [0.2, 0.25) is 0 Å². The number of rotatable bonds is 5. The van der Waals surface area contributed by atoms with E-state index < -0.39 is 0 Å². The Kier molecular flexibility index (Phi) is 4.32. The summed E-state index contributed by atoms with van der Waals surface area (Å²) in [5.41, 5.74) is 0.933. The molecular weight excluding hydrogens is 178 g/mol. The molecule has 0 saturated heterocycles. The summed E-state index contributed by atoms with van der Waals surface area (Å²) in [6, 6.07) is 2.33. The van der Waals surface area contributed by atoms with Gasteiger partial charge in [0.1, 0.15) is 0 Å². The van der Waals surface area contributed by atoms with Crippen molar-refractivity contribution in [3.63, 3.8) is 0 Å². The Morgan fingerprint density at radius 3 is 2.86 bits per heavy atom. The van der Waals surface area contributed by atoms with E-state index in [0.29, 0.717) is 12.6 Å². The standard InChI is InChI=1S/C10H17N3O/c1-9-5-6-11-10(12-9)14-8-4-7-13(2)3/h5-6H,4,7-8H2,1-3H3. The van der Waals surface area contributed by atoms with Crippen LogP contribution in [-0.2, 0) is 0 Å². The molecule has 1 heterocycles. The van der Waals surface area contributed by atoms with Crippen molar-refractivity contribution in [3.05, 3.63) is 18.0 Å². The van der Waals surface area contributed by atoms with Gasteiger partial charge in [-0.15, -0.1) is 0 Å². The molecule has 1 aromatic rings. The predicted molar refractivity (Wildman–Crippen MR) is 55.4 cm³/mol. The Bertz CT molecular complexity index is 276. The van der Waals surface area contributed by atoms with Gasteiger partial charge in [-0.2, -0.15) is 0 Å². The molecule has 0 radical (unpaired) electrons. The molecule has 0 aromatic carbocycles. The van der Waals surface area contributed by atoms with Crippen LogP contribution in [0.25, 0.3) is 0 Å². The first-order valence-electron chi connectivity index (χ1n) is 4.75. The largest absolute Gasteiger partial charge is 0.463 e. The average Bonchev–Trinajstić information content (AvgIpc) is 2.12. The van der Waals surface area contributed by atoms with Gasteiger partial charge in [0, 0.05) is 18.4 Å². The lowest BCUT2D eigenvalue weighted by Crippen LogP contribution is -2.16. The van der Waals surface area contributed by atoms with Crippen LogP contribution >= 0.6 is 0 Å². The smallest absolute Gasteiger partial charge is 0.316 e. The molecule has 1 rings (SSSR count). The summed E-state index contributed by atoms with van der Waals surface area (Å²) in [7, 11) is 4.09. The number of hydrogen-bond acceptors (Lipinski definition) is 4. The van der Waals surface area contributed by atoms with Gasteiger partial charge in [0.2, 0.25) is 0 Å². The molecule has 0 saturated carbocycles. The highest BCUT2D eigenvalue weighted by molar-refractivity contribution is 5.02. The van der Waals surface area contributed by atoms with Crippen molar-refractivity contribution in [2.24, 2.45) is 0 Å². The maximum absolute atomic E-state index is 5.39. The monoisotopic (exact) mass is 195 g/mol. The fourth-order valence-electron chi connectivity index (χ4n) is 1.04. The maximum atomic E-state index is 5.39. The molecule has 0 bridgehead atoms. The summed E-state index contributed by atoms with van der Waals surface area (Å²) >= 11 is 0. The van der Waals surface area contributed by atoms with E-state index in [0.717, 1.165) is 18.7 Å². The van der Waals surface area contributed by atoms with Gasteiger partial charge in [0.15, 0.2) is 0 Å². The quantitative estimate of drug-likeness (QED) is 0.660. The third-order valence-corrected chi connectivity index (χ3v) is 1.75. The highest BCUT2D eigenvalue weighted by atomic mass is 16.5. The molecule has 4 heteroatoms. The first-order chi connectivity index (χ1) is 6.68. The SMILES string of the molecule is Cc1ccnc(OCCCN(C)C)n1. The maximum Gasteiger partial charge on any atom is 0.316 e. The molecule has 0 amide bonds. The molecule has 0 spiro atoms. The minimum atomic E-state index is 0.476. The van der Waals surface area contributed by atoms with Crippen molar-refractivity contribution in [2.75, 3.05) is 27.2 Å². The first kappa shape index (κ1) is 10.9. The Balaban J connectivity index is 2.25. The zero-order valence-corrected chi connectivity index (χ0v) is 9.03. The van der Waals surface area contributed by atoms with Gasteiger partial charge in [-0.05, 0) is 33.5 Å². The summed E-state index contributed by atoms with van der Waals surface area (Å²) in [6.45, 7) is 3.61. The second-order valence-electron chi connectivity index (χ2n) is 3.49. The summed E-state index contributed by atoms with van der Waals surface area (Å²) in [5.74, 6) is 0. The molecule has 0 atom stereocenters. The van der Waals surface area contributed by atoms with E-state index in [1.165, 1.54) is 0 Å². The highest BCUT2D eigenvalue weighted by Gasteiger charge is 1.97. The normalized spacial score (nSPS) is 10.6. The zero-order chi connectivity index (χ0) is 10.4. The molecule has 0 aliphatic rings. The fraction of sp³-hybridized carbons (Fsp3) is 0.600. The van der Waals surface area contributed by atoms with Crippen LogP contribution in [0.4, 0.5) is 0 Å². The van der Waals surface area contributed by atoms with E-state index in [1.54, 1.807) is 6.20 Å². The van der Waals surface area contributed by atoms with Crippen molar-refractivity contribution in [1.29, 1.82) is 0 Å². The Morgan fingerprint density at radius 2 is 2.21 bits per heavy atom. The topological polar surface area (TPSA) is 38.2 Å². The van der Waals surface area contributed by atoms with E-state index in [2.05, 4.69) is 14.9 Å². The molecule has 0 aliphatic carbocycles. The van der Waals surface area contributed by atoms with Crippen LogP contribution in [0.3, 0.4) is 0 Å². The van der Waals surface area contributed by atoms with Crippen LogP contribution in [-0.4, -0.2) is 42.1 Å². The minimum absolute atomic E-state index is 0.476. The van der Waals surface area contributed by atoms with Gasteiger partial charge in [-0.25, -0.2) is 9.97 Å². The number of nitrogens with zero attached hydrogens (tertiary/aromatic N) is 3. The molecular formula is C10H17N3O. The van der Waals surface area contributed by atoms with Crippen LogP contribution < -0.4 is 4.74 Å². The summed E-state index contributed by atoms with van der Waals surface area (Å²) in [6.07, 6.45) is 2.70. The van der Waals surface area contributed by atoms with Crippen LogP contribution in [0.15, 0.2) is 12.3 Å². The number of ether oxygens (including phenoxy) is 1. The van der Waals surface area contributed by atoms with Crippen LogP contribution in [0.5, 0.6) is 6.01 Å². The number of aryl methyl sites for hydroxylation is 1. The second-order valence-corrected chi connectivity index (χ2v) is 3.49. The van der Waals surface area contributed by atoms with Crippen LogP contribution in [0, 0.1) is 6.92 Å². The molecule has 0 N–H and O–H groups in total. The highest BCUT2D eigenvalue weighted by Crippen LogP contribution is 2.01. The summed E-state index contributed by atoms with van der Waals surface area (Å²) < 4.78 is 5.39. The third-order valence-electron chi connectivity index (χ3n) is 1.75.